The second-order valence-corrected chi connectivity index (χ2v) is 7.25. The van der Waals surface area contributed by atoms with Crippen LogP contribution in [-0.4, -0.2) is 35.0 Å². The van der Waals surface area contributed by atoms with Crippen molar-refractivity contribution in [3.63, 3.8) is 0 Å². The Kier molecular flexibility index (Phi) is 5.79. The summed E-state index contributed by atoms with van der Waals surface area (Å²) in [6.45, 7) is 1.07. The fourth-order valence-electron chi connectivity index (χ4n) is 3.57. The molecule has 0 saturated carbocycles. The number of rotatable bonds is 7. The summed E-state index contributed by atoms with van der Waals surface area (Å²) in [7, 11) is 1.61. The van der Waals surface area contributed by atoms with E-state index < -0.39 is 0 Å². The van der Waals surface area contributed by atoms with Crippen LogP contribution in [0.25, 0.3) is 0 Å². The summed E-state index contributed by atoms with van der Waals surface area (Å²) < 4.78 is 6.92. The van der Waals surface area contributed by atoms with Gasteiger partial charge in [0.25, 0.3) is 11.8 Å². The van der Waals surface area contributed by atoms with E-state index in [1.807, 2.05) is 42.5 Å². The molecule has 2 N–H and O–H groups in total. The number of hydrogen-bond acceptors (Lipinski definition) is 4. The lowest BCUT2D eigenvalue weighted by Gasteiger charge is -2.25. The van der Waals surface area contributed by atoms with Gasteiger partial charge in [0.15, 0.2) is 5.82 Å². The maximum atomic E-state index is 12.5. The van der Waals surface area contributed by atoms with Gasteiger partial charge in [-0.25, -0.2) is 4.98 Å². The first-order valence-electron chi connectivity index (χ1n) is 9.98. The number of aromatic nitrogens is 2. The minimum Gasteiger partial charge on any atom is -0.497 e. The predicted octanol–water partition coefficient (Wildman–Crippen LogP) is 2.74. The van der Waals surface area contributed by atoms with Gasteiger partial charge in [-0.15, -0.1) is 0 Å². The lowest BCUT2D eigenvalue weighted by Crippen LogP contribution is -2.38. The standard InChI is InChI=1S/C23H24N4O3/c1-30-18-11-9-17(10-12-18)19-14-27-15-20(25-21(27)23(29)26-19)22(28)24-13-5-8-16-6-3-2-4-7-16/h2-4,6-7,9-12,15,19H,5,8,13-14H2,1H3,(H,24,28)(H,26,29). The molecule has 2 amide bonds. The lowest BCUT2D eigenvalue weighted by molar-refractivity contribution is 0.0894. The number of nitrogens with one attached hydrogen (secondary N) is 2. The third kappa shape index (κ3) is 4.35. The van der Waals surface area contributed by atoms with Crippen LogP contribution < -0.4 is 15.4 Å². The highest BCUT2D eigenvalue weighted by Gasteiger charge is 2.28. The van der Waals surface area contributed by atoms with Crippen molar-refractivity contribution < 1.29 is 14.3 Å². The number of imidazole rings is 1. The van der Waals surface area contributed by atoms with Gasteiger partial charge < -0.3 is 19.9 Å². The molecule has 0 spiro atoms. The van der Waals surface area contributed by atoms with Gasteiger partial charge in [-0.2, -0.15) is 0 Å². The molecule has 7 heteroatoms. The first kappa shape index (κ1) is 19.7. The molecule has 30 heavy (non-hydrogen) atoms. The minimum atomic E-state index is -0.287. The van der Waals surface area contributed by atoms with E-state index in [-0.39, 0.29) is 29.4 Å². The summed E-state index contributed by atoms with van der Waals surface area (Å²) in [4.78, 5) is 29.2. The van der Waals surface area contributed by atoms with Crippen LogP contribution in [-0.2, 0) is 13.0 Å². The summed E-state index contributed by atoms with van der Waals surface area (Å²) in [5.74, 6) is 0.466. The number of nitrogens with zero attached hydrogens (tertiary/aromatic N) is 2. The number of carbonyl (C=O) groups excluding carboxylic acids is 2. The molecular formula is C23H24N4O3. The molecule has 4 rings (SSSR count). The van der Waals surface area contributed by atoms with Crippen LogP contribution in [0.3, 0.4) is 0 Å². The van der Waals surface area contributed by atoms with Crippen molar-refractivity contribution in [2.45, 2.75) is 25.4 Å². The molecule has 2 aromatic carbocycles. The van der Waals surface area contributed by atoms with E-state index in [0.717, 1.165) is 24.2 Å². The van der Waals surface area contributed by atoms with Crippen molar-refractivity contribution in [3.8, 4) is 5.75 Å². The van der Waals surface area contributed by atoms with E-state index in [0.29, 0.717) is 13.1 Å². The molecule has 154 valence electrons. The van der Waals surface area contributed by atoms with Crippen molar-refractivity contribution in [2.75, 3.05) is 13.7 Å². The molecule has 1 aliphatic heterocycles. The Morgan fingerprint density at radius 1 is 1.20 bits per heavy atom. The van der Waals surface area contributed by atoms with Crippen molar-refractivity contribution >= 4 is 11.8 Å². The molecule has 0 fully saturated rings. The molecule has 2 heterocycles. The van der Waals surface area contributed by atoms with Crippen molar-refractivity contribution in [2.24, 2.45) is 0 Å². The van der Waals surface area contributed by atoms with Gasteiger partial charge in [0.2, 0.25) is 0 Å². The maximum Gasteiger partial charge on any atom is 0.287 e. The molecule has 0 bridgehead atoms. The van der Waals surface area contributed by atoms with Gasteiger partial charge in [0.05, 0.1) is 13.2 Å². The van der Waals surface area contributed by atoms with Crippen molar-refractivity contribution in [1.29, 1.82) is 0 Å². The molecule has 0 radical (unpaired) electrons. The van der Waals surface area contributed by atoms with Crippen LogP contribution in [0.1, 0.15) is 44.7 Å². The average Bonchev–Trinajstić information content (AvgIpc) is 3.22. The summed E-state index contributed by atoms with van der Waals surface area (Å²) in [6.07, 6.45) is 3.38. The number of aryl methyl sites for hydroxylation is 1. The van der Waals surface area contributed by atoms with E-state index >= 15 is 0 Å². The predicted molar refractivity (Wildman–Crippen MR) is 113 cm³/mol. The first-order valence-corrected chi connectivity index (χ1v) is 9.98. The fourth-order valence-corrected chi connectivity index (χ4v) is 3.57. The Morgan fingerprint density at radius 2 is 1.97 bits per heavy atom. The smallest absolute Gasteiger partial charge is 0.287 e. The van der Waals surface area contributed by atoms with Crippen molar-refractivity contribution in [1.82, 2.24) is 20.2 Å². The molecule has 3 aromatic rings. The Bertz CT molecular complexity index is 1030. The number of benzene rings is 2. The maximum absolute atomic E-state index is 12.5. The van der Waals surface area contributed by atoms with Crippen LogP contribution in [0.5, 0.6) is 5.75 Å². The highest BCUT2D eigenvalue weighted by Crippen LogP contribution is 2.23. The topological polar surface area (TPSA) is 85.2 Å². The average molecular weight is 404 g/mol. The Morgan fingerprint density at radius 3 is 2.70 bits per heavy atom. The zero-order valence-corrected chi connectivity index (χ0v) is 16.8. The second kappa shape index (κ2) is 8.82. The third-order valence-electron chi connectivity index (χ3n) is 5.19. The molecule has 7 nitrogen and oxygen atoms in total. The quantitative estimate of drug-likeness (QED) is 0.593. The number of ether oxygens (including phenoxy) is 1. The fraction of sp³-hybridized carbons (Fsp3) is 0.261. The van der Waals surface area contributed by atoms with Crippen molar-refractivity contribution in [3.05, 3.63) is 83.4 Å². The van der Waals surface area contributed by atoms with Gasteiger partial charge >= 0.3 is 0 Å². The van der Waals surface area contributed by atoms with Gasteiger partial charge in [0.1, 0.15) is 11.4 Å². The number of hydrogen-bond donors (Lipinski definition) is 2. The third-order valence-corrected chi connectivity index (χ3v) is 5.19. The summed E-state index contributed by atoms with van der Waals surface area (Å²) in [5, 5.41) is 5.84. The molecular weight excluding hydrogens is 380 g/mol. The Balaban J connectivity index is 1.37. The molecule has 1 aliphatic rings. The zero-order valence-electron chi connectivity index (χ0n) is 16.8. The molecule has 1 aromatic heterocycles. The SMILES string of the molecule is COc1ccc(C2Cn3cc(C(=O)NCCCc4ccccc4)nc3C(=O)N2)cc1. The van der Waals surface area contributed by atoms with Crippen LogP contribution in [0.4, 0.5) is 0 Å². The van der Waals surface area contributed by atoms with Gasteiger partial charge in [-0.3, -0.25) is 9.59 Å². The Hall–Kier alpha value is -3.61. The first-order chi connectivity index (χ1) is 14.6. The summed E-state index contributed by atoms with van der Waals surface area (Å²) in [5.41, 5.74) is 2.47. The molecule has 1 unspecified atom stereocenters. The van der Waals surface area contributed by atoms with Crippen LogP contribution in [0.2, 0.25) is 0 Å². The van der Waals surface area contributed by atoms with E-state index in [9.17, 15) is 9.59 Å². The number of amides is 2. The second-order valence-electron chi connectivity index (χ2n) is 7.25. The number of carbonyl (C=O) groups is 2. The molecule has 1 atom stereocenters. The zero-order chi connectivity index (χ0) is 20.9. The van der Waals surface area contributed by atoms with Gasteiger partial charge in [-0.1, -0.05) is 42.5 Å². The van der Waals surface area contributed by atoms with E-state index in [4.69, 9.17) is 4.74 Å². The number of fused-ring (bicyclic) bond motifs is 1. The lowest BCUT2D eigenvalue weighted by atomic mass is 10.1. The monoisotopic (exact) mass is 404 g/mol. The minimum absolute atomic E-state index is 0.188. The summed E-state index contributed by atoms with van der Waals surface area (Å²) in [6, 6.07) is 17.5. The highest BCUT2D eigenvalue weighted by atomic mass is 16.5. The summed E-state index contributed by atoms with van der Waals surface area (Å²) >= 11 is 0. The molecule has 0 aliphatic carbocycles. The molecule has 0 saturated heterocycles. The van der Waals surface area contributed by atoms with Crippen LogP contribution in [0.15, 0.2) is 60.8 Å². The van der Waals surface area contributed by atoms with Crippen LogP contribution >= 0.6 is 0 Å². The number of methoxy groups -OCH3 is 1. The van der Waals surface area contributed by atoms with Gasteiger partial charge in [-0.05, 0) is 36.1 Å². The van der Waals surface area contributed by atoms with Gasteiger partial charge in [0, 0.05) is 19.3 Å². The highest BCUT2D eigenvalue weighted by molar-refractivity contribution is 5.96. The van der Waals surface area contributed by atoms with E-state index in [1.165, 1.54) is 5.56 Å². The normalized spacial score (nSPS) is 15.2. The van der Waals surface area contributed by atoms with E-state index in [2.05, 4.69) is 27.8 Å². The van der Waals surface area contributed by atoms with Crippen LogP contribution in [0, 0.1) is 0 Å². The largest absolute Gasteiger partial charge is 0.497 e. The Labute approximate surface area is 175 Å². The van der Waals surface area contributed by atoms with E-state index in [1.54, 1.807) is 17.9 Å².